The maximum Gasteiger partial charge on any atom is 0.235 e. The van der Waals surface area contributed by atoms with Crippen LogP contribution in [0.5, 0.6) is 0 Å². The molecule has 5 heteroatoms. The first-order chi connectivity index (χ1) is 9.25. The molecule has 1 saturated heterocycles. The van der Waals surface area contributed by atoms with Crippen molar-refractivity contribution in [2.75, 3.05) is 31.2 Å². The van der Waals surface area contributed by atoms with E-state index in [2.05, 4.69) is 44.0 Å². The number of hydrogen-bond donors (Lipinski definition) is 0. The van der Waals surface area contributed by atoms with Gasteiger partial charge in [-0.25, -0.2) is 4.79 Å². The highest BCUT2D eigenvalue weighted by Gasteiger charge is 2.45. The Kier molecular flexibility index (Phi) is 3.44. The van der Waals surface area contributed by atoms with E-state index in [9.17, 15) is 4.79 Å². The molecule has 0 unspecified atom stereocenters. The highest BCUT2D eigenvalue weighted by atomic mass is 79.9. The van der Waals surface area contributed by atoms with Gasteiger partial charge in [0.25, 0.3) is 0 Å². The van der Waals surface area contributed by atoms with Gasteiger partial charge in [-0.2, -0.15) is 4.99 Å². The molecule has 1 saturated carbocycles. The highest BCUT2D eigenvalue weighted by molar-refractivity contribution is 9.10. The molecule has 0 atom stereocenters. The van der Waals surface area contributed by atoms with Crippen molar-refractivity contribution >= 4 is 27.7 Å². The number of aliphatic imine (C=N–C) groups is 1. The Morgan fingerprint density at radius 3 is 2.63 bits per heavy atom. The van der Waals surface area contributed by atoms with Crippen LogP contribution in [0.25, 0.3) is 0 Å². The van der Waals surface area contributed by atoms with E-state index in [1.165, 1.54) is 5.69 Å². The van der Waals surface area contributed by atoms with Gasteiger partial charge in [-0.05, 0) is 46.5 Å². The van der Waals surface area contributed by atoms with Crippen LogP contribution < -0.4 is 4.90 Å². The average Bonchev–Trinajstić information content (AvgIpc) is 3.21. The molecule has 3 rings (SSSR count). The van der Waals surface area contributed by atoms with Gasteiger partial charge in [0.1, 0.15) is 0 Å². The first-order valence-corrected chi connectivity index (χ1v) is 7.26. The van der Waals surface area contributed by atoms with Crippen LogP contribution in [0.15, 0.2) is 27.7 Å². The molecule has 2 aliphatic rings. The predicted octanol–water partition coefficient (Wildman–Crippen LogP) is 2.61. The van der Waals surface area contributed by atoms with Crippen molar-refractivity contribution < 1.29 is 9.53 Å². The monoisotopic (exact) mass is 322 g/mol. The lowest BCUT2D eigenvalue weighted by Gasteiger charge is -2.30. The van der Waals surface area contributed by atoms with Crippen LogP contribution in [0.3, 0.4) is 0 Å². The summed E-state index contributed by atoms with van der Waals surface area (Å²) in [5.41, 5.74) is 1.98. The number of halogens is 1. The summed E-state index contributed by atoms with van der Waals surface area (Å²) in [6, 6.07) is 6.26. The van der Waals surface area contributed by atoms with Crippen LogP contribution in [0.2, 0.25) is 0 Å². The van der Waals surface area contributed by atoms with Crippen molar-refractivity contribution in [2.45, 2.75) is 18.4 Å². The summed E-state index contributed by atoms with van der Waals surface area (Å²) in [6.45, 7) is 3.37. The summed E-state index contributed by atoms with van der Waals surface area (Å²) < 4.78 is 6.42. The molecule has 100 valence electrons. The maximum absolute atomic E-state index is 10.5. The Morgan fingerprint density at radius 1 is 1.32 bits per heavy atom. The predicted molar refractivity (Wildman–Crippen MR) is 76.2 cm³/mol. The second kappa shape index (κ2) is 5.08. The van der Waals surface area contributed by atoms with E-state index in [-0.39, 0.29) is 5.54 Å². The smallest absolute Gasteiger partial charge is 0.235 e. The molecule has 0 amide bonds. The lowest BCUT2D eigenvalue weighted by atomic mass is 10.0. The SMILES string of the molecule is O=C=NC1(c2ccc(N3CCOCC3)c(Br)c2)CC1. The molecule has 0 bridgehead atoms. The number of nitrogens with zero attached hydrogens (tertiary/aromatic N) is 2. The molecule has 4 nitrogen and oxygen atoms in total. The summed E-state index contributed by atoms with van der Waals surface area (Å²) in [6.07, 6.45) is 3.57. The lowest BCUT2D eigenvalue weighted by molar-refractivity contribution is 0.122. The fraction of sp³-hybridized carbons (Fsp3) is 0.500. The van der Waals surface area contributed by atoms with Crippen LogP contribution in [-0.4, -0.2) is 32.4 Å². The molecule has 1 aromatic rings. The molecule has 1 heterocycles. The Morgan fingerprint density at radius 2 is 2.05 bits per heavy atom. The Hall–Kier alpha value is -1.16. The molecule has 1 aliphatic carbocycles. The molecule has 1 aromatic carbocycles. The third-order valence-corrected chi connectivity index (χ3v) is 4.46. The molecule has 0 radical (unpaired) electrons. The van der Waals surface area contributed by atoms with E-state index in [1.807, 2.05) is 0 Å². The number of rotatable bonds is 3. The molecular formula is C14H15BrN2O2. The fourth-order valence-electron chi connectivity index (χ4n) is 2.53. The van der Waals surface area contributed by atoms with Gasteiger partial charge in [0.2, 0.25) is 6.08 Å². The number of carbonyl (C=O) groups excluding carboxylic acids is 1. The van der Waals surface area contributed by atoms with Crippen LogP contribution in [0, 0.1) is 0 Å². The summed E-state index contributed by atoms with van der Waals surface area (Å²) in [5, 5.41) is 0. The minimum Gasteiger partial charge on any atom is -0.378 e. The number of anilines is 1. The maximum atomic E-state index is 10.5. The van der Waals surface area contributed by atoms with E-state index in [1.54, 1.807) is 6.08 Å². The third-order valence-electron chi connectivity index (χ3n) is 3.82. The van der Waals surface area contributed by atoms with Crippen LogP contribution in [0.4, 0.5) is 5.69 Å². The minimum absolute atomic E-state index is 0.298. The normalized spacial score (nSPS) is 20.8. The lowest BCUT2D eigenvalue weighted by Crippen LogP contribution is -2.36. The molecule has 0 N–H and O–H groups in total. The van der Waals surface area contributed by atoms with Gasteiger partial charge in [-0.3, -0.25) is 0 Å². The minimum atomic E-state index is -0.298. The van der Waals surface area contributed by atoms with E-state index in [0.717, 1.165) is 49.2 Å². The number of hydrogen-bond acceptors (Lipinski definition) is 4. The Balaban J connectivity index is 1.87. The van der Waals surface area contributed by atoms with E-state index >= 15 is 0 Å². The number of morpholine rings is 1. The summed E-state index contributed by atoms with van der Waals surface area (Å²) in [7, 11) is 0. The zero-order valence-electron chi connectivity index (χ0n) is 10.6. The molecule has 0 aromatic heterocycles. The van der Waals surface area contributed by atoms with Gasteiger partial charge >= 0.3 is 0 Å². The van der Waals surface area contributed by atoms with Gasteiger partial charge in [-0.15, -0.1) is 0 Å². The standard InChI is InChI=1S/C14H15BrN2O2/c15-12-9-11(14(3-4-14)16-10-18)1-2-13(12)17-5-7-19-8-6-17/h1-2,9H,3-8H2. The summed E-state index contributed by atoms with van der Waals surface area (Å²) >= 11 is 3.63. The van der Waals surface area contributed by atoms with Crippen molar-refractivity contribution in [3.05, 3.63) is 28.2 Å². The van der Waals surface area contributed by atoms with Crippen molar-refractivity contribution in [3.63, 3.8) is 0 Å². The molecular weight excluding hydrogens is 308 g/mol. The van der Waals surface area contributed by atoms with Crippen LogP contribution in [-0.2, 0) is 15.1 Å². The second-order valence-electron chi connectivity index (χ2n) is 5.00. The molecule has 0 spiro atoms. The molecule has 2 fully saturated rings. The third kappa shape index (κ3) is 2.46. The van der Waals surface area contributed by atoms with Gasteiger partial charge in [-0.1, -0.05) is 6.07 Å². The summed E-state index contributed by atoms with van der Waals surface area (Å²) in [5.74, 6) is 0. The fourth-order valence-corrected chi connectivity index (χ4v) is 3.16. The average molecular weight is 323 g/mol. The van der Waals surface area contributed by atoms with Crippen LogP contribution >= 0.6 is 15.9 Å². The zero-order chi connectivity index (χ0) is 13.3. The number of isocyanates is 1. The van der Waals surface area contributed by atoms with Gasteiger partial charge in [0.05, 0.1) is 24.4 Å². The van der Waals surface area contributed by atoms with Gasteiger partial charge in [0.15, 0.2) is 0 Å². The zero-order valence-corrected chi connectivity index (χ0v) is 12.1. The van der Waals surface area contributed by atoms with Gasteiger partial charge < -0.3 is 9.64 Å². The van der Waals surface area contributed by atoms with E-state index in [0.29, 0.717) is 0 Å². The van der Waals surface area contributed by atoms with Crippen molar-refractivity contribution in [3.8, 4) is 0 Å². The van der Waals surface area contributed by atoms with E-state index in [4.69, 9.17) is 4.74 Å². The topological polar surface area (TPSA) is 41.9 Å². The van der Waals surface area contributed by atoms with Gasteiger partial charge in [0, 0.05) is 17.6 Å². The Bertz CT molecular complexity index is 530. The van der Waals surface area contributed by atoms with Crippen molar-refractivity contribution in [1.82, 2.24) is 0 Å². The van der Waals surface area contributed by atoms with E-state index < -0.39 is 0 Å². The molecule has 19 heavy (non-hydrogen) atoms. The summed E-state index contributed by atoms with van der Waals surface area (Å²) in [4.78, 5) is 16.8. The quantitative estimate of drug-likeness (QED) is 0.634. The number of benzene rings is 1. The van der Waals surface area contributed by atoms with Crippen LogP contribution in [0.1, 0.15) is 18.4 Å². The Labute approximate surface area is 120 Å². The largest absolute Gasteiger partial charge is 0.378 e. The first kappa shape index (κ1) is 12.9. The van der Waals surface area contributed by atoms with Crippen molar-refractivity contribution in [2.24, 2.45) is 4.99 Å². The number of ether oxygens (including phenoxy) is 1. The second-order valence-corrected chi connectivity index (χ2v) is 5.85. The first-order valence-electron chi connectivity index (χ1n) is 6.47. The highest BCUT2D eigenvalue weighted by Crippen LogP contribution is 2.50. The van der Waals surface area contributed by atoms with Crippen molar-refractivity contribution in [1.29, 1.82) is 0 Å². The molecule has 1 aliphatic heterocycles.